The lowest BCUT2D eigenvalue weighted by molar-refractivity contribution is -0.0515. The molecule has 4 aromatic rings. The summed E-state index contributed by atoms with van der Waals surface area (Å²) in [7, 11) is 0. The Balaban J connectivity index is 1.44. The number of nitrogens with zero attached hydrogens (tertiary/aromatic N) is 1. The highest BCUT2D eigenvalue weighted by atomic mass is 35.5. The number of anilines is 1. The Morgan fingerprint density at radius 3 is 2.45 bits per heavy atom. The molecule has 8 nitrogen and oxygen atoms in total. The fourth-order valence-electron chi connectivity index (χ4n) is 4.47. The van der Waals surface area contributed by atoms with Crippen molar-refractivity contribution < 1.29 is 38.0 Å². The summed E-state index contributed by atoms with van der Waals surface area (Å²) >= 11 is 12.8. The van der Waals surface area contributed by atoms with Gasteiger partial charge in [-0.25, -0.2) is 4.79 Å². The number of aromatic hydroxyl groups is 2. The Morgan fingerprint density at radius 2 is 1.75 bits per heavy atom. The molecule has 3 aromatic carbocycles. The summed E-state index contributed by atoms with van der Waals surface area (Å²) in [6.07, 6.45) is 3.73. The largest absolute Gasteiger partial charge is 0.507 e. The molecule has 1 heterocycles. The van der Waals surface area contributed by atoms with Crippen LogP contribution in [0.15, 0.2) is 73.1 Å². The number of benzene rings is 3. The Kier molecular flexibility index (Phi) is 9.92. The topological polar surface area (TPSA) is 110 Å². The number of ether oxygens (including phenoxy) is 3. The van der Waals surface area contributed by atoms with Gasteiger partial charge in [0.25, 0.3) is 0 Å². The second-order valence-electron chi connectivity index (χ2n) is 10.2. The van der Waals surface area contributed by atoms with Crippen molar-refractivity contribution in [1.82, 2.24) is 4.98 Å². The summed E-state index contributed by atoms with van der Waals surface area (Å²) in [5.74, 6) is -0.889. The first kappa shape index (κ1) is 31.2. The van der Waals surface area contributed by atoms with Crippen LogP contribution in [0.5, 0.6) is 23.0 Å². The predicted molar refractivity (Wildman–Crippen MR) is 161 cm³/mol. The van der Waals surface area contributed by atoms with Crippen molar-refractivity contribution in [3.05, 3.63) is 105 Å². The van der Waals surface area contributed by atoms with Crippen LogP contribution in [0.4, 0.5) is 14.5 Å². The van der Waals surface area contributed by atoms with E-state index < -0.39 is 18.7 Å². The number of para-hydroxylation sites is 3. The number of phenols is 2. The van der Waals surface area contributed by atoms with Crippen molar-refractivity contribution in [2.75, 3.05) is 11.9 Å². The summed E-state index contributed by atoms with van der Waals surface area (Å²) in [5, 5.41) is 24.5. The van der Waals surface area contributed by atoms with Crippen molar-refractivity contribution in [1.29, 1.82) is 0 Å². The van der Waals surface area contributed by atoms with Gasteiger partial charge in [-0.15, -0.1) is 0 Å². The van der Waals surface area contributed by atoms with Crippen LogP contribution in [0.25, 0.3) is 0 Å². The number of hydrogen-bond acceptors (Lipinski definition) is 8. The van der Waals surface area contributed by atoms with E-state index in [2.05, 4.69) is 15.0 Å². The van der Waals surface area contributed by atoms with Gasteiger partial charge in [-0.2, -0.15) is 8.78 Å². The fourth-order valence-corrected chi connectivity index (χ4v) is 4.99. The smallest absolute Gasteiger partial charge is 0.387 e. The molecule has 1 aliphatic carbocycles. The van der Waals surface area contributed by atoms with Crippen molar-refractivity contribution >= 4 is 34.9 Å². The fraction of sp³-hybridized carbons (Fsp3) is 0.250. The van der Waals surface area contributed by atoms with E-state index in [4.69, 9.17) is 32.7 Å². The maximum Gasteiger partial charge on any atom is 0.387 e. The van der Waals surface area contributed by atoms with Gasteiger partial charge in [0.05, 0.1) is 22.3 Å². The van der Waals surface area contributed by atoms with Crippen molar-refractivity contribution in [2.24, 2.45) is 5.92 Å². The van der Waals surface area contributed by atoms with Gasteiger partial charge in [0.1, 0.15) is 23.2 Å². The monoisotopic (exact) mass is 644 g/mol. The molecular formula is C32H28Cl2F2N2O6. The Bertz CT molecular complexity index is 1620. The second-order valence-corrected chi connectivity index (χ2v) is 11.0. The number of halogens is 4. The molecule has 5 rings (SSSR count). The van der Waals surface area contributed by atoms with Crippen LogP contribution in [-0.4, -0.2) is 34.4 Å². The first-order chi connectivity index (χ1) is 21.2. The zero-order valence-electron chi connectivity index (χ0n) is 23.2. The Morgan fingerprint density at radius 1 is 1.00 bits per heavy atom. The summed E-state index contributed by atoms with van der Waals surface area (Å²) < 4.78 is 42.7. The van der Waals surface area contributed by atoms with Crippen LogP contribution in [-0.2, 0) is 17.7 Å². The van der Waals surface area contributed by atoms with Crippen molar-refractivity contribution in [3.8, 4) is 23.0 Å². The van der Waals surface area contributed by atoms with Gasteiger partial charge < -0.3 is 29.7 Å². The van der Waals surface area contributed by atoms with Crippen LogP contribution >= 0.6 is 23.2 Å². The SMILES string of the molecule is O=C(O[C@@H](Cc1c(Cl)cncc1Cl)c1ccc(OC(F)F)c(OCC2CC2)c1)c1cccc(CNc2ccccc2O)c1O. The van der Waals surface area contributed by atoms with E-state index in [9.17, 15) is 23.8 Å². The highest BCUT2D eigenvalue weighted by Gasteiger charge is 2.27. The molecule has 1 aromatic heterocycles. The van der Waals surface area contributed by atoms with Gasteiger partial charge in [-0.05, 0) is 60.2 Å². The predicted octanol–water partition coefficient (Wildman–Crippen LogP) is 7.94. The minimum Gasteiger partial charge on any atom is -0.507 e. The summed E-state index contributed by atoms with van der Waals surface area (Å²) in [6, 6.07) is 15.5. The number of pyridine rings is 1. The molecule has 12 heteroatoms. The van der Waals surface area contributed by atoms with E-state index in [-0.39, 0.29) is 51.6 Å². The van der Waals surface area contributed by atoms with Crippen LogP contribution in [0.3, 0.4) is 0 Å². The molecule has 3 N–H and O–H groups in total. The maximum absolute atomic E-state index is 13.5. The Hall–Kier alpha value is -4.28. The highest BCUT2D eigenvalue weighted by molar-refractivity contribution is 6.35. The van der Waals surface area contributed by atoms with E-state index in [0.29, 0.717) is 34.9 Å². The number of nitrogens with one attached hydrogen (secondary N) is 1. The van der Waals surface area contributed by atoms with E-state index >= 15 is 0 Å². The molecule has 0 unspecified atom stereocenters. The van der Waals surface area contributed by atoms with Gasteiger partial charge in [-0.3, -0.25) is 4.98 Å². The number of rotatable bonds is 13. The summed E-state index contributed by atoms with van der Waals surface area (Å²) in [4.78, 5) is 17.5. The van der Waals surface area contributed by atoms with Gasteiger partial charge in [0.15, 0.2) is 11.5 Å². The van der Waals surface area contributed by atoms with E-state index in [0.717, 1.165) is 12.8 Å². The normalized spacial score (nSPS) is 13.4. The maximum atomic E-state index is 13.5. The number of carbonyl (C=O) groups is 1. The zero-order chi connectivity index (χ0) is 31.2. The summed E-state index contributed by atoms with van der Waals surface area (Å²) in [5.41, 5.74) is 1.56. The molecular weight excluding hydrogens is 617 g/mol. The third-order valence-corrected chi connectivity index (χ3v) is 7.68. The standard InChI is InChI=1S/C32H28Cl2F2N2O6/c33-23-15-37-16-24(34)22(23)13-28(19-10-11-27(44-32(35)36)29(12-19)42-17-18-8-9-18)43-31(41)21-5-3-4-20(30(21)40)14-38-25-6-1-2-7-26(25)39/h1-7,10-12,15-16,18,28,32,38-40H,8-9,13-14,17H2/t28-/m0/s1. The molecule has 0 bridgehead atoms. The van der Waals surface area contributed by atoms with Crippen LogP contribution in [0.2, 0.25) is 10.0 Å². The lowest BCUT2D eigenvalue weighted by Gasteiger charge is -2.22. The number of aromatic nitrogens is 1. The zero-order valence-corrected chi connectivity index (χ0v) is 24.7. The molecule has 1 saturated carbocycles. The van der Waals surface area contributed by atoms with Crippen molar-refractivity contribution in [2.45, 2.75) is 38.5 Å². The number of hydrogen-bond donors (Lipinski definition) is 3. The van der Waals surface area contributed by atoms with Crippen molar-refractivity contribution in [3.63, 3.8) is 0 Å². The van der Waals surface area contributed by atoms with E-state index in [1.54, 1.807) is 30.3 Å². The molecule has 0 amide bonds. The summed E-state index contributed by atoms with van der Waals surface area (Å²) in [6.45, 7) is -2.64. The molecule has 44 heavy (non-hydrogen) atoms. The molecule has 230 valence electrons. The average molecular weight is 645 g/mol. The quantitative estimate of drug-likeness (QED) is 0.0994. The molecule has 0 aliphatic heterocycles. The molecule has 1 atom stereocenters. The third kappa shape index (κ3) is 7.81. The van der Waals surface area contributed by atoms with Crippen LogP contribution in [0.1, 0.15) is 46.0 Å². The molecule has 1 aliphatic rings. The van der Waals surface area contributed by atoms with Gasteiger partial charge in [0.2, 0.25) is 0 Å². The van der Waals surface area contributed by atoms with E-state index in [1.165, 1.54) is 42.7 Å². The van der Waals surface area contributed by atoms with E-state index in [1.807, 2.05) is 0 Å². The minimum absolute atomic E-state index is 0.00165. The minimum atomic E-state index is -3.07. The molecule has 0 radical (unpaired) electrons. The Labute approximate surface area is 262 Å². The number of alkyl halides is 2. The van der Waals surface area contributed by atoms with Gasteiger partial charge in [0, 0.05) is 30.9 Å². The van der Waals surface area contributed by atoms with Gasteiger partial charge in [-0.1, -0.05) is 53.5 Å². The second kappa shape index (κ2) is 14.0. The molecule has 0 spiro atoms. The number of carbonyl (C=O) groups excluding carboxylic acids is 1. The molecule has 1 fully saturated rings. The first-order valence-corrected chi connectivity index (χ1v) is 14.5. The number of phenolic OH excluding ortho intramolecular Hbond substituents is 2. The van der Waals surface area contributed by atoms with Crippen LogP contribution in [0, 0.1) is 5.92 Å². The lowest BCUT2D eigenvalue weighted by atomic mass is 10.0. The number of esters is 1. The third-order valence-electron chi connectivity index (χ3n) is 7.03. The average Bonchev–Trinajstić information content (AvgIpc) is 3.82. The molecule has 0 saturated heterocycles. The lowest BCUT2D eigenvalue weighted by Crippen LogP contribution is -2.16. The van der Waals surface area contributed by atoms with Gasteiger partial charge >= 0.3 is 12.6 Å². The van der Waals surface area contributed by atoms with Crippen LogP contribution < -0.4 is 14.8 Å². The first-order valence-electron chi connectivity index (χ1n) is 13.7. The highest BCUT2D eigenvalue weighted by Crippen LogP contribution is 2.38.